The zero-order valence-electron chi connectivity index (χ0n) is 11.9. The summed E-state index contributed by atoms with van der Waals surface area (Å²) in [5, 5.41) is 5.01. The van der Waals surface area contributed by atoms with Crippen LogP contribution in [0.15, 0.2) is 35.1 Å². The Bertz CT molecular complexity index is 692. The van der Waals surface area contributed by atoms with Crippen molar-refractivity contribution in [1.82, 2.24) is 14.7 Å². The van der Waals surface area contributed by atoms with Gasteiger partial charge >= 0.3 is 4.87 Å². The molecule has 0 aliphatic carbocycles. The van der Waals surface area contributed by atoms with Gasteiger partial charge in [0.05, 0.1) is 6.54 Å². The average Bonchev–Trinajstić information content (AvgIpc) is 3.07. The van der Waals surface area contributed by atoms with Gasteiger partial charge in [-0.25, -0.2) is 4.68 Å². The smallest absolute Gasteiger partial charge is 0.325 e. The van der Waals surface area contributed by atoms with E-state index in [0.29, 0.717) is 19.0 Å². The van der Waals surface area contributed by atoms with Crippen molar-refractivity contribution < 1.29 is 4.79 Å². The minimum Gasteiger partial charge on any atom is -0.338 e. The van der Waals surface area contributed by atoms with Crippen LogP contribution in [0.1, 0.15) is 21.8 Å². The maximum absolute atomic E-state index is 12.4. The lowest BCUT2D eigenvalue weighted by atomic mass is 10.1. The number of amides is 1. The molecule has 0 unspecified atom stereocenters. The van der Waals surface area contributed by atoms with E-state index in [4.69, 9.17) is 0 Å². The highest BCUT2D eigenvalue weighted by Gasteiger charge is 2.27. The lowest BCUT2D eigenvalue weighted by Crippen LogP contribution is -2.30. The van der Waals surface area contributed by atoms with E-state index in [9.17, 15) is 9.59 Å². The summed E-state index contributed by atoms with van der Waals surface area (Å²) in [5.41, 5.74) is 0.722. The first-order chi connectivity index (χ1) is 10.1. The number of rotatable bonds is 3. The molecule has 1 aromatic carbocycles. The fourth-order valence-corrected chi connectivity index (χ4v) is 3.31. The van der Waals surface area contributed by atoms with Crippen LogP contribution in [0.3, 0.4) is 0 Å². The van der Waals surface area contributed by atoms with Crippen molar-refractivity contribution in [3.8, 4) is 0 Å². The molecule has 6 heteroatoms. The Kier molecular flexibility index (Phi) is 3.88. The number of carbonyl (C=O) groups excluding carboxylic acids is 1. The van der Waals surface area contributed by atoms with Crippen molar-refractivity contribution in [1.29, 1.82) is 0 Å². The molecule has 1 atom stereocenters. The number of nitrogens with zero attached hydrogens (tertiary/aromatic N) is 3. The summed E-state index contributed by atoms with van der Waals surface area (Å²) in [6, 6.07) is 9.32. The van der Waals surface area contributed by atoms with E-state index >= 15 is 0 Å². The number of hydrogen-bond donors (Lipinski definition) is 0. The monoisotopic (exact) mass is 303 g/mol. The van der Waals surface area contributed by atoms with Crippen molar-refractivity contribution in [3.05, 3.63) is 50.6 Å². The first-order valence-corrected chi connectivity index (χ1v) is 7.84. The highest BCUT2D eigenvalue weighted by atomic mass is 32.1. The van der Waals surface area contributed by atoms with Gasteiger partial charge in [-0.3, -0.25) is 9.59 Å². The molecule has 2 heterocycles. The molecule has 0 saturated carbocycles. The van der Waals surface area contributed by atoms with Gasteiger partial charge in [-0.15, -0.1) is 0 Å². The number of likely N-dealkylation sites (tertiary alicyclic amines) is 1. The van der Waals surface area contributed by atoms with Crippen molar-refractivity contribution in [2.24, 2.45) is 5.92 Å². The molecule has 0 spiro atoms. The van der Waals surface area contributed by atoms with E-state index < -0.39 is 0 Å². The van der Waals surface area contributed by atoms with Crippen LogP contribution in [-0.2, 0) is 6.54 Å². The van der Waals surface area contributed by atoms with Gasteiger partial charge in [0.1, 0.15) is 5.01 Å². The third-order valence-corrected chi connectivity index (χ3v) is 4.49. The van der Waals surface area contributed by atoms with Gasteiger partial charge in [-0.1, -0.05) is 29.5 Å². The van der Waals surface area contributed by atoms with E-state index in [1.165, 1.54) is 16.0 Å². The van der Waals surface area contributed by atoms with Crippen molar-refractivity contribution >= 4 is 17.2 Å². The lowest BCUT2D eigenvalue weighted by molar-refractivity contribution is 0.0785. The van der Waals surface area contributed by atoms with Crippen LogP contribution < -0.4 is 4.87 Å². The number of hydrogen-bond acceptors (Lipinski definition) is 4. The van der Waals surface area contributed by atoms with Gasteiger partial charge in [-0.05, 0) is 31.4 Å². The molecule has 0 radical (unpaired) electrons. The molecule has 0 bridgehead atoms. The molecule has 2 aromatic rings. The summed E-state index contributed by atoms with van der Waals surface area (Å²) in [6.07, 6.45) is 0.918. The predicted molar refractivity (Wildman–Crippen MR) is 81.6 cm³/mol. The highest BCUT2D eigenvalue weighted by molar-refractivity contribution is 7.08. The fourth-order valence-electron chi connectivity index (χ4n) is 2.70. The second-order valence-electron chi connectivity index (χ2n) is 5.34. The molecular formula is C15H17N3O2S. The summed E-state index contributed by atoms with van der Waals surface area (Å²) >= 11 is 1.17. The van der Waals surface area contributed by atoms with Gasteiger partial charge in [0, 0.05) is 18.7 Å². The Balaban J connectivity index is 1.64. The number of aryl methyl sites for hydroxylation is 1. The van der Waals surface area contributed by atoms with Gasteiger partial charge < -0.3 is 4.90 Å². The molecule has 0 N–H and O–H groups in total. The fraction of sp³-hybridized carbons (Fsp3) is 0.400. The molecule has 1 aliphatic rings. The molecule has 110 valence electrons. The zero-order valence-corrected chi connectivity index (χ0v) is 12.7. The second kappa shape index (κ2) is 5.81. The Hall–Kier alpha value is -1.95. The van der Waals surface area contributed by atoms with Crippen LogP contribution in [0, 0.1) is 12.8 Å². The topological polar surface area (TPSA) is 55.2 Å². The summed E-state index contributed by atoms with van der Waals surface area (Å²) < 4.78 is 1.53. The predicted octanol–water partition coefficient (Wildman–Crippen LogP) is 1.78. The normalized spacial score (nSPS) is 18.1. The summed E-state index contributed by atoms with van der Waals surface area (Å²) in [5.74, 6) is 0.372. The van der Waals surface area contributed by atoms with E-state index in [0.717, 1.165) is 23.5 Å². The number of aromatic nitrogens is 2. The Labute approximate surface area is 126 Å². The number of benzene rings is 1. The SMILES string of the molecule is Cc1nn(C[C@H]2CCN(C(=O)c3ccccc3)C2)c(=O)s1. The standard InChI is InChI=1S/C15H17N3O2S/c1-11-16-18(15(20)21-11)10-12-7-8-17(9-12)14(19)13-5-3-2-4-6-13/h2-6,12H,7-10H2,1H3/t12-/m0/s1. The average molecular weight is 303 g/mol. The molecule has 1 aliphatic heterocycles. The van der Waals surface area contributed by atoms with E-state index in [-0.39, 0.29) is 10.8 Å². The van der Waals surface area contributed by atoms with Crippen molar-refractivity contribution in [3.63, 3.8) is 0 Å². The molecule has 5 nitrogen and oxygen atoms in total. The van der Waals surface area contributed by atoms with Crippen LogP contribution in [0.4, 0.5) is 0 Å². The van der Waals surface area contributed by atoms with Crippen LogP contribution in [0.25, 0.3) is 0 Å². The quantitative estimate of drug-likeness (QED) is 0.868. The lowest BCUT2D eigenvalue weighted by Gasteiger charge is -2.16. The molecule has 3 rings (SSSR count). The largest absolute Gasteiger partial charge is 0.338 e. The molecule has 1 amide bonds. The summed E-state index contributed by atoms with van der Waals surface area (Å²) in [7, 11) is 0. The van der Waals surface area contributed by atoms with E-state index in [1.807, 2.05) is 42.2 Å². The highest BCUT2D eigenvalue weighted by Crippen LogP contribution is 2.20. The minimum absolute atomic E-state index is 0.0136. The van der Waals surface area contributed by atoms with Crippen LogP contribution >= 0.6 is 11.3 Å². The maximum atomic E-state index is 12.4. The van der Waals surface area contributed by atoms with Crippen LogP contribution in [0.2, 0.25) is 0 Å². The third kappa shape index (κ3) is 3.05. The molecule has 1 aromatic heterocycles. The summed E-state index contributed by atoms with van der Waals surface area (Å²) in [4.78, 5) is 25.9. The molecule has 21 heavy (non-hydrogen) atoms. The molecule has 1 fully saturated rings. The van der Waals surface area contributed by atoms with Gasteiger partial charge in [-0.2, -0.15) is 5.10 Å². The Morgan fingerprint density at radius 1 is 1.38 bits per heavy atom. The molecular weight excluding hydrogens is 286 g/mol. The van der Waals surface area contributed by atoms with Crippen LogP contribution in [0.5, 0.6) is 0 Å². The number of carbonyl (C=O) groups is 1. The van der Waals surface area contributed by atoms with Crippen LogP contribution in [-0.4, -0.2) is 33.7 Å². The maximum Gasteiger partial charge on any atom is 0.325 e. The van der Waals surface area contributed by atoms with E-state index in [2.05, 4.69) is 5.10 Å². The third-order valence-electron chi connectivity index (χ3n) is 3.73. The Morgan fingerprint density at radius 3 is 2.81 bits per heavy atom. The van der Waals surface area contributed by atoms with Crippen molar-refractivity contribution in [2.45, 2.75) is 19.9 Å². The van der Waals surface area contributed by atoms with Gasteiger partial charge in [0.2, 0.25) is 0 Å². The van der Waals surface area contributed by atoms with Crippen molar-refractivity contribution in [2.75, 3.05) is 13.1 Å². The first kappa shape index (κ1) is 14.0. The minimum atomic E-state index is -0.0136. The summed E-state index contributed by atoms with van der Waals surface area (Å²) in [6.45, 7) is 3.87. The van der Waals surface area contributed by atoms with E-state index in [1.54, 1.807) is 0 Å². The zero-order chi connectivity index (χ0) is 14.8. The Morgan fingerprint density at radius 2 is 2.14 bits per heavy atom. The van der Waals surface area contributed by atoms with Gasteiger partial charge in [0.25, 0.3) is 5.91 Å². The second-order valence-corrected chi connectivity index (χ2v) is 6.49. The van der Waals surface area contributed by atoms with Gasteiger partial charge in [0.15, 0.2) is 0 Å². The first-order valence-electron chi connectivity index (χ1n) is 7.02. The molecule has 1 saturated heterocycles.